The molecular formula is C22H24ClN3O2S2. The highest BCUT2D eigenvalue weighted by molar-refractivity contribution is 7.99. The van der Waals surface area contributed by atoms with Crippen molar-refractivity contribution in [1.82, 2.24) is 9.88 Å². The average molecular weight is 462 g/mol. The van der Waals surface area contributed by atoms with Crippen molar-refractivity contribution in [3.8, 4) is 10.8 Å². The van der Waals surface area contributed by atoms with Crippen molar-refractivity contribution in [3.05, 3.63) is 57.8 Å². The van der Waals surface area contributed by atoms with Gasteiger partial charge < -0.3 is 14.2 Å². The quantitative estimate of drug-likeness (QED) is 0.501. The second-order valence-electron chi connectivity index (χ2n) is 7.29. The molecule has 30 heavy (non-hydrogen) atoms. The predicted octanol–water partition coefficient (Wildman–Crippen LogP) is 5.26. The molecule has 3 aromatic rings. The molecule has 0 saturated carbocycles. The molecule has 0 N–H and O–H groups in total. The first-order chi connectivity index (χ1) is 14.5. The van der Waals surface area contributed by atoms with Crippen LogP contribution in [0.1, 0.15) is 17.0 Å². The van der Waals surface area contributed by atoms with Crippen molar-refractivity contribution >= 4 is 46.3 Å². The van der Waals surface area contributed by atoms with Crippen LogP contribution in [0.2, 0.25) is 5.02 Å². The molecular weight excluding hydrogens is 438 g/mol. The monoisotopic (exact) mass is 461 g/mol. The summed E-state index contributed by atoms with van der Waals surface area (Å²) in [6.45, 7) is 7.14. The third kappa shape index (κ3) is 4.85. The Kier molecular flexibility index (Phi) is 6.71. The zero-order valence-corrected chi connectivity index (χ0v) is 19.4. The number of aromatic nitrogens is 1. The lowest BCUT2D eigenvalue weighted by molar-refractivity contribution is -0.128. The third-order valence-corrected chi connectivity index (χ3v) is 7.25. The fourth-order valence-corrected chi connectivity index (χ4v) is 5.25. The van der Waals surface area contributed by atoms with E-state index in [-0.39, 0.29) is 5.91 Å². The van der Waals surface area contributed by atoms with Crippen LogP contribution in [-0.2, 0) is 10.5 Å². The summed E-state index contributed by atoms with van der Waals surface area (Å²) in [6.07, 6.45) is 0. The smallest absolute Gasteiger partial charge is 0.236 e. The van der Waals surface area contributed by atoms with Gasteiger partial charge in [-0.2, -0.15) is 0 Å². The zero-order chi connectivity index (χ0) is 21.1. The lowest BCUT2D eigenvalue weighted by Crippen LogP contribution is -2.49. The lowest BCUT2D eigenvalue weighted by atomic mass is 10.1. The highest BCUT2D eigenvalue weighted by Gasteiger charge is 2.22. The Balaban J connectivity index is 1.26. The standard InChI is InChI=1S/C22H24ClN3O2S2/c1-15-5-6-17(23)12-19(15)25-7-9-26(10-8-25)21(27)14-29-13-18-16(2)28-22(24-18)20-4-3-11-30-20/h3-6,11-12H,7-10,13-14H2,1-2H3. The van der Waals surface area contributed by atoms with E-state index in [0.29, 0.717) is 17.4 Å². The third-order valence-electron chi connectivity index (χ3n) is 5.23. The molecule has 1 aromatic carbocycles. The normalized spacial score (nSPS) is 14.4. The number of carbonyl (C=O) groups excluding carboxylic acids is 1. The van der Waals surface area contributed by atoms with E-state index in [1.807, 2.05) is 47.5 Å². The number of hydrogen-bond donors (Lipinski definition) is 0. The number of aryl methyl sites for hydroxylation is 2. The number of amides is 1. The van der Waals surface area contributed by atoms with E-state index < -0.39 is 0 Å². The van der Waals surface area contributed by atoms with Crippen LogP contribution in [0.25, 0.3) is 10.8 Å². The number of rotatable bonds is 6. The molecule has 0 spiro atoms. The Morgan fingerprint density at radius 1 is 1.23 bits per heavy atom. The maximum Gasteiger partial charge on any atom is 0.236 e. The van der Waals surface area contributed by atoms with Gasteiger partial charge in [0, 0.05) is 42.6 Å². The van der Waals surface area contributed by atoms with E-state index in [0.717, 1.165) is 53.2 Å². The van der Waals surface area contributed by atoms with Crippen LogP contribution in [0.4, 0.5) is 5.69 Å². The summed E-state index contributed by atoms with van der Waals surface area (Å²) in [5, 5.41) is 2.76. The average Bonchev–Trinajstić information content (AvgIpc) is 3.40. The van der Waals surface area contributed by atoms with Crippen LogP contribution in [-0.4, -0.2) is 47.7 Å². The number of nitrogens with zero attached hydrogens (tertiary/aromatic N) is 3. The summed E-state index contributed by atoms with van der Waals surface area (Å²) in [7, 11) is 0. The van der Waals surface area contributed by atoms with Gasteiger partial charge in [0.1, 0.15) is 5.76 Å². The molecule has 0 radical (unpaired) electrons. The Labute approximate surface area is 190 Å². The molecule has 2 aromatic heterocycles. The molecule has 1 aliphatic rings. The number of thiophene rings is 1. The highest BCUT2D eigenvalue weighted by atomic mass is 35.5. The molecule has 1 fully saturated rings. The van der Waals surface area contributed by atoms with Gasteiger partial charge in [-0.15, -0.1) is 23.1 Å². The van der Waals surface area contributed by atoms with Crippen molar-refractivity contribution in [2.45, 2.75) is 19.6 Å². The second-order valence-corrected chi connectivity index (χ2v) is 9.66. The minimum Gasteiger partial charge on any atom is -0.440 e. The minimum absolute atomic E-state index is 0.182. The molecule has 1 aliphatic heterocycles. The number of carbonyl (C=O) groups is 1. The molecule has 0 atom stereocenters. The summed E-state index contributed by atoms with van der Waals surface area (Å²) in [6, 6.07) is 9.95. The van der Waals surface area contributed by atoms with E-state index >= 15 is 0 Å². The fourth-order valence-electron chi connectivity index (χ4n) is 3.51. The van der Waals surface area contributed by atoms with Crippen LogP contribution in [0.15, 0.2) is 40.1 Å². The van der Waals surface area contributed by atoms with Crippen molar-refractivity contribution in [2.75, 3.05) is 36.8 Å². The zero-order valence-electron chi connectivity index (χ0n) is 17.1. The predicted molar refractivity (Wildman–Crippen MR) is 126 cm³/mol. The van der Waals surface area contributed by atoms with Gasteiger partial charge >= 0.3 is 0 Å². The number of benzene rings is 1. The first-order valence-electron chi connectivity index (χ1n) is 9.88. The number of oxazole rings is 1. The van der Waals surface area contributed by atoms with E-state index in [2.05, 4.69) is 16.8 Å². The van der Waals surface area contributed by atoms with E-state index in [1.54, 1.807) is 23.1 Å². The summed E-state index contributed by atoms with van der Waals surface area (Å²) in [5.74, 6) is 2.80. The number of hydrogen-bond acceptors (Lipinski definition) is 6. The Morgan fingerprint density at radius 2 is 2.03 bits per heavy atom. The summed E-state index contributed by atoms with van der Waals surface area (Å²) in [5.41, 5.74) is 3.28. The molecule has 8 heteroatoms. The largest absolute Gasteiger partial charge is 0.440 e. The number of anilines is 1. The van der Waals surface area contributed by atoms with Crippen molar-refractivity contribution < 1.29 is 9.21 Å². The Hall–Kier alpha value is -1.96. The topological polar surface area (TPSA) is 49.6 Å². The first kappa shape index (κ1) is 21.3. The second kappa shape index (κ2) is 9.45. The van der Waals surface area contributed by atoms with Gasteiger partial charge in [0.15, 0.2) is 0 Å². The van der Waals surface area contributed by atoms with Crippen molar-refractivity contribution in [2.24, 2.45) is 0 Å². The Bertz CT molecular complexity index is 1010. The highest BCUT2D eigenvalue weighted by Crippen LogP contribution is 2.28. The summed E-state index contributed by atoms with van der Waals surface area (Å²) in [4.78, 5) is 22.5. The Morgan fingerprint density at radius 3 is 2.77 bits per heavy atom. The van der Waals surface area contributed by atoms with E-state index in [9.17, 15) is 4.79 Å². The molecule has 4 rings (SSSR count). The number of piperazine rings is 1. The van der Waals surface area contributed by atoms with Crippen LogP contribution in [0.5, 0.6) is 0 Å². The number of thioether (sulfide) groups is 1. The van der Waals surface area contributed by atoms with E-state index in [4.69, 9.17) is 16.0 Å². The van der Waals surface area contributed by atoms with Gasteiger partial charge in [0.05, 0.1) is 16.3 Å². The SMILES string of the molecule is Cc1ccc(Cl)cc1N1CCN(C(=O)CSCc2nc(-c3cccs3)oc2C)CC1. The number of halogens is 1. The van der Waals surface area contributed by atoms with E-state index in [1.165, 1.54) is 5.56 Å². The molecule has 0 aliphatic carbocycles. The van der Waals surface area contributed by atoms with Gasteiger partial charge in [-0.25, -0.2) is 4.98 Å². The van der Waals surface area contributed by atoms with Crippen LogP contribution in [0.3, 0.4) is 0 Å². The maximum atomic E-state index is 12.7. The van der Waals surface area contributed by atoms with Gasteiger partial charge in [-0.05, 0) is 43.0 Å². The molecule has 0 bridgehead atoms. The molecule has 0 unspecified atom stereocenters. The van der Waals surface area contributed by atoms with Gasteiger partial charge in [0.25, 0.3) is 0 Å². The molecule has 1 saturated heterocycles. The van der Waals surface area contributed by atoms with Gasteiger partial charge in [-0.1, -0.05) is 23.7 Å². The maximum absolute atomic E-state index is 12.7. The minimum atomic E-state index is 0.182. The van der Waals surface area contributed by atoms with Crippen LogP contribution in [0, 0.1) is 13.8 Å². The van der Waals surface area contributed by atoms with Crippen LogP contribution < -0.4 is 4.90 Å². The lowest BCUT2D eigenvalue weighted by Gasteiger charge is -2.37. The summed E-state index contributed by atoms with van der Waals surface area (Å²) < 4.78 is 5.78. The van der Waals surface area contributed by atoms with Gasteiger partial charge in [-0.3, -0.25) is 4.79 Å². The van der Waals surface area contributed by atoms with Crippen molar-refractivity contribution in [3.63, 3.8) is 0 Å². The van der Waals surface area contributed by atoms with Crippen molar-refractivity contribution in [1.29, 1.82) is 0 Å². The first-order valence-corrected chi connectivity index (χ1v) is 12.3. The molecule has 158 valence electrons. The molecule has 5 nitrogen and oxygen atoms in total. The molecule has 1 amide bonds. The fraction of sp³-hybridized carbons (Fsp3) is 0.364. The van der Waals surface area contributed by atoms with Gasteiger partial charge in [0.2, 0.25) is 11.8 Å². The molecule has 3 heterocycles. The van der Waals surface area contributed by atoms with Crippen LogP contribution >= 0.6 is 34.7 Å². The summed E-state index contributed by atoms with van der Waals surface area (Å²) >= 11 is 9.36.